The number of carbonyl (C=O) groups excluding carboxylic acids is 1. The van der Waals surface area contributed by atoms with E-state index in [9.17, 15) is 4.79 Å². The molecular weight excluding hydrogens is 256 g/mol. The summed E-state index contributed by atoms with van der Waals surface area (Å²) in [5.41, 5.74) is 3.00. The van der Waals surface area contributed by atoms with Crippen LogP contribution < -0.4 is 4.74 Å². The molecule has 0 saturated heterocycles. The van der Waals surface area contributed by atoms with E-state index in [1.807, 2.05) is 25.1 Å². The van der Waals surface area contributed by atoms with Crippen LogP contribution in [0.4, 0.5) is 0 Å². The van der Waals surface area contributed by atoms with Crippen molar-refractivity contribution in [1.29, 1.82) is 0 Å². The number of pyridine rings is 1. The van der Waals surface area contributed by atoms with E-state index in [0.717, 1.165) is 33.1 Å². The molecule has 0 saturated carbocycles. The molecule has 0 bridgehead atoms. The van der Waals surface area contributed by atoms with Gasteiger partial charge in [0.15, 0.2) is 5.69 Å². The standard InChI is InChI=1S/C15H14N2O3/c1-8-13-10-6-9(19-2)4-5-11(10)17-12(13)7-16-14(8)15(18)20-3/h4-7,17H,1-3H3. The van der Waals surface area contributed by atoms with Crippen molar-refractivity contribution in [2.24, 2.45) is 0 Å². The number of methoxy groups -OCH3 is 2. The van der Waals surface area contributed by atoms with Crippen LogP contribution in [0.15, 0.2) is 24.4 Å². The zero-order valence-electron chi connectivity index (χ0n) is 11.5. The third-order valence-electron chi connectivity index (χ3n) is 3.47. The maximum atomic E-state index is 11.7. The summed E-state index contributed by atoms with van der Waals surface area (Å²) in [6, 6.07) is 5.79. The van der Waals surface area contributed by atoms with Crippen molar-refractivity contribution in [3.05, 3.63) is 35.7 Å². The van der Waals surface area contributed by atoms with Crippen LogP contribution in [0.2, 0.25) is 0 Å². The maximum absolute atomic E-state index is 11.7. The molecule has 102 valence electrons. The Balaban J connectivity index is 2.39. The fraction of sp³-hybridized carbons (Fsp3) is 0.200. The average Bonchev–Trinajstić information content (AvgIpc) is 2.85. The van der Waals surface area contributed by atoms with Crippen LogP contribution in [-0.4, -0.2) is 30.2 Å². The molecule has 0 aliphatic heterocycles. The largest absolute Gasteiger partial charge is 0.497 e. The Hall–Kier alpha value is -2.56. The molecule has 2 aromatic heterocycles. The summed E-state index contributed by atoms with van der Waals surface area (Å²) < 4.78 is 10.0. The summed E-state index contributed by atoms with van der Waals surface area (Å²) >= 11 is 0. The van der Waals surface area contributed by atoms with Gasteiger partial charge in [0.1, 0.15) is 5.75 Å². The number of fused-ring (bicyclic) bond motifs is 3. The van der Waals surface area contributed by atoms with E-state index in [2.05, 4.69) is 9.97 Å². The third kappa shape index (κ3) is 1.71. The van der Waals surface area contributed by atoms with Gasteiger partial charge in [-0.3, -0.25) is 0 Å². The summed E-state index contributed by atoms with van der Waals surface area (Å²) in [7, 11) is 2.98. The highest BCUT2D eigenvalue weighted by Crippen LogP contribution is 2.31. The first-order valence-corrected chi connectivity index (χ1v) is 6.19. The van der Waals surface area contributed by atoms with E-state index in [1.54, 1.807) is 13.3 Å². The molecule has 0 spiro atoms. The minimum absolute atomic E-state index is 0.337. The van der Waals surface area contributed by atoms with Gasteiger partial charge in [-0.2, -0.15) is 0 Å². The van der Waals surface area contributed by atoms with Gasteiger partial charge in [-0.05, 0) is 30.7 Å². The molecule has 0 fully saturated rings. The first-order valence-electron chi connectivity index (χ1n) is 6.19. The Morgan fingerprint density at radius 1 is 1.25 bits per heavy atom. The number of nitrogens with zero attached hydrogens (tertiary/aromatic N) is 1. The number of ether oxygens (including phenoxy) is 2. The topological polar surface area (TPSA) is 64.2 Å². The Morgan fingerprint density at radius 3 is 2.75 bits per heavy atom. The predicted octanol–water partition coefficient (Wildman–Crippen LogP) is 2.82. The predicted molar refractivity (Wildman–Crippen MR) is 76.2 cm³/mol. The normalized spacial score (nSPS) is 10.9. The third-order valence-corrected chi connectivity index (χ3v) is 3.47. The fourth-order valence-electron chi connectivity index (χ4n) is 2.47. The van der Waals surface area contributed by atoms with E-state index in [1.165, 1.54) is 7.11 Å². The summed E-state index contributed by atoms with van der Waals surface area (Å²) in [4.78, 5) is 19.2. The number of rotatable bonds is 2. The number of aromatic amines is 1. The number of esters is 1. The molecule has 1 aromatic carbocycles. The van der Waals surface area contributed by atoms with Crippen LogP contribution in [0, 0.1) is 6.92 Å². The van der Waals surface area contributed by atoms with E-state index >= 15 is 0 Å². The number of aryl methyl sites for hydroxylation is 1. The van der Waals surface area contributed by atoms with Gasteiger partial charge in [-0.1, -0.05) is 0 Å². The minimum atomic E-state index is -0.429. The van der Waals surface area contributed by atoms with Crippen molar-refractivity contribution in [3.8, 4) is 5.75 Å². The lowest BCUT2D eigenvalue weighted by Gasteiger charge is -2.04. The van der Waals surface area contributed by atoms with Gasteiger partial charge in [0, 0.05) is 16.3 Å². The number of hydrogen-bond acceptors (Lipinski definition) is 4. The van der Waals surface area contributed by atoms with Crippen molar-refractivity contribution in [2.45, 2.75) is 6.92 Å². The lowest BCUT2D eigenvalue weighted by molar-refractivity contribution is 0.0593. The van der Waals surface area contributed by atoms with Gasteiger partial charge >= 0.3 is 5.97 Å². The molecule has 0 atom stereocenters. The van der Waals surface area contributed by atoms with Crippen LogP contribution >= 0.6 is 0 Å². The van der Waals surface area contributed by atoms with Crippen LogP contribution in [0.3, 0.4) is 0 Å². The van der Waals surface area contributed by atoms with Crippen LogP contribution in [-0.2, 0) is 4.74 Å². The van der Waals surface area contributed by atoms with Gasteiger partial charge in [0.2, 0.25) is 0 Å². The van der Waals surface area contributed by atoms with E-state index in [0.29, 0.717) is 5.69 Å². The number of hydrogen-bond donors (Lipinski definition) is 1. The Morgan fingerprint density at radius 2 is 2.05 bits per heavy atom. The molecule has 1 N–H and O–H groups in total. The van der Waals surface area contributed by atoms with Crippen molar-refractivity contribution < 1.29 is 14.3 Å². The molecule has 3 aromatic rings. The number of benzene rings is 1. The van der Waals surface area contributed by atoms with Crippen molar-refractivity contribution >= 4 is 27.8 Å². The number of carbonyl (C=O) groups is 1. The Labute approximate surface area is 115 Å². The van der Waals surface area contributed by atoms with E-state index in [4.69, 9.17) is 9.47 Å². The molecule has 5 nitrogen and oxygen atoms in total. The Kier molecular flexibility index (Phi) is 2.82. The number of aromatic nitrogens is 2. The zero-order valence-corrected chi connectivity index (χ0v) is 11.5. The fourth-order valence-corrected chi connectivity index (χ4v) is 2.47. The second kappa shape index (κ2) is 4.52. The highest BCUT2D eigenvalue weighted by molar-refractivity contribution is 6.11. The molecular formula is C15H14N2O3. The van der Waals surface area contributed by atoms with Gasteiger partial charge < -0.3 is 14.5 Å². The first kappa shape index (κ1) is 12.5. The average molecular weight is 270 g/mol. The van der Waals surface area contributed by atoms with Crippen LogP contribution in [0.1, 0.15) is 16.1 Å². The minimum Gasteiger partial charge on any atom is -0.497 e. The van der Waals surface area contributed by atoms with E-state index < -0.39 is 5.97 Å². The molecule has 0 aliphatic rings. The second-order valence-electron chi connectivity index (χ2n) is 4.55. The highest BCUT2D eigenvalue weighted by atomic mass is 16.5. The summed E-state index contributed by atoms with van der Waals surface area (Å²) in [6.45, 7) is 1.87. The van der Waals surface area contributed by atoms with Gasteiger partial charge in [-0.25, -0.2) is 9.78 Å². The van der Waals surface area contributed by atoms with Crippen molar-refractivity contribution in [1.82, 2.24) is 9.97 Å². The van der Waals surface area contributed by atoms with Crippen LogP contribution in [0.25, 0.3) is 21.8 Å². The smallest absolute Gasteiger partial charge is 0.356 e. The number of nitrogens with one attached hydrogen (secondary N) is 1. The molecule has 20 heavy (non-hydrogen) atoms. The summed E-state index contributed by atoms with van der Waals surface area (Å²) in [6.07, 6.45) is 1.65. The quantitative estimate of drug-likeness (QED) is 0.727. The molecule has 2 heterocycles. The lowest BCUT2D eigenvalue weighted by atomic mass is 10.1. The van der Waals surface area contributed by atoms with Crippen LogP contribution in [0.5, 0.6) is 5.75 Å². The molecule has 3 rings (SSSR count). The molecule has 0 unspecified atom stereocenters. The highest BCUT2D eigenvalue weighted by Gasteiger charge is 2.16. The van der Waals surface area contributed by atoms with Crippen molar-refractivity contribution in [3.63, 3.8) is 0 Å². The summed E-state index contributed by atoms with van der Waals surface area (Å²) in [5, 5.41) is 1.97. The molecule has 0 amide bonds. The molecule has 0 aliphatic carbocycles. The van der Waals surface area contributed by atoms with Crippen molar-refractivity contribution in [2.75, 3.05) is 14.2 Å². The molecule has 0 radical (unpaired) electrons. The van der Waals surface area contributed by atoms with E-state index in [-0.39, 0.29) is 0 Å². The maximum Gasteiger partial charge on any atom is 0.356 e. The van der Waals surface area contributed by atoms with Gasteiger partial charge in [0.05, 0.1) is 25.9 Å². The van der Waals surface area contributed by atoms with Gasteiger partial charge in [-0.15, -0.1) is 0 Å². The SMILES string of the molecule is COC(=O)c1ncc2[nH]c3ccc(OC)cc3c2c1C. The first-order chi connectivity index (χ1) is 9.65. The Bertz CT molecular complexity index is 821. The summed E-state index contributed by atoms with van der Waals surface area (Å²) in [5.74, 6) is 0.343. The monoisotopic (exact) mass is 270 g/mol. The van der Waals surface area contributed by atoms with Gasteiger partial charge in [0.25, 0.3) is 0 Å². The lowest BCUT2D eigenvalue weighted by Crippen LogP contribution is -2.06. The number of H-pyrrole nitrogens is 1. The second-order valence-corrected chi connectivity index (χ2v) is 4.55. The zero-order chi connectivity index (χ0) is 14.3. The molecule has 5 heteroatoms.